The lowest BCUT2D eigenvalue weighted by molar-refractivity contribution is -0.115. The second kappa shape index (κ2) is 7.14. The van der Waals surface area contributed by atoms with Gasteiger partial charge < -0.3 is 10.1 Å². The minimum absolute atomic E-state index is 0.253. The molecule has 112 valence electrons. The van der Waals surface area contributed by atoms with Crippen LogP contribution in [0.25, 0.3) is 0 Å². The van der Waals surface area contributed by atoms with Crippen LogP contribution in [0.15, 0.2) is 24.3 Å². The Kier molecular flexibility index (Phi) is 5.80. The molecule has 1 atom stereocenters. The summed E-state index contributed by atoms with van der Waals surface area (Å²) < 4.78 is 5.13. The van der Waals surface area contributed by atoms with Crippen molar-refractivity contribution in [3.05, 3.63) is 34.9 Å². The Labute approximate surface area is 129 Å². The molecule has 0 unspecified atom stereocenters. The van der Waals surface area contributed by atoms with Crippen molar-refractivity contribution in [3.63, 3.8) is 0 Å². The van der Waals surface area contributed by atoms with Crippen molar-refractivity contribution in [3.8, 4) is 12.3 Å². The van der Waals surface area contributed by atoms with Crippen molar-refractivity contribution >= 4 is 23.5 Å². The molecule has 0 aromatic heterocycles. The lowest BCUT2D eigenvalue weighted by atomic mass is 10.0. The van der Waals surface area contributed by atoms with E-state index in [1.165, 1.54) is 0 Å². The third kappa shape index (κ3) is 6.33. The van der Waals surface area contributed by atoms with Crippen LogP contribution >= 0.6 is 11.6 Å². The first-order valence-electron chi connectivity index (χ1n) is 6.45. The first kappa shape index (κ1) is 17.1. The largest absolute Gasteiger partial charge is 0.444 e. The zero-order chi connectivity index (χ0) is 16.0. The quantitative estimate of drug-likeness (QED) is 0.687. The number of alkyl carbamates (subject to hydrolysis) is 1. The molecule has 1 amide bonds. The van der Waals surface area contributed by atoms with E-state index in [1.54, 1.807) is 45.0 Å². The van der Waals surface area contributed by atoms with Crippen molar-refractivity contribution in [2.24, 2.45) is 0 Å². The molecular formula is C16H18ClNO3. The third-order valence-corrected chi connectivity index (χ3v) is 2.71. The SMILES string of the molecule is C#CC(=O)[C@H](Cc1cccc(Cl)c1)NC(=O)OC(C)(C)C. The number of ketones is 1. The van der Waals surface area contributed by atoms with Gasteiger partial charge in [-0.2, -0.15) is 0 Å². The van der Waals surface area contributed by atoms with Crippen LogP contribution in [0.3, 0.4) is 0 Å². The maximum Gasteiger partial charge on any atom is 0.408 e. The molecule has 0 radical (unpaired) electrons. The summed E-state index contributed by atoms with van der Waals surface area (Å²) in [6.45, 7) is 5.21. The van der Waals surface area contributed by atoms with E-state index in [4.69, 9.17) is 22.8 Å². The highest BCUT2D eigenvalue weighted by Crippen LogP contribution is 2.13. The van der Waals surface area contributed by atoms with E-state index in [2.05, 4.69) is 5.32 Å². The second-order valence-corrected chi connectivity index (χ2v) is 5.98. The van der Waals surface area contributed by atoms with Gasteiger partial charge in [0.25, 0.3) is 0 Å². The van der Waals surface area contributed by atoms with Crippen molar-refractivity contribution in [1.82, 2.24) is 5.32 Å². The molecule has 0 aliphatic heterocycles. The molecule has 0 saturated carbocycles. The molecule has 0 bridgehead atoms. The average molecular weight is 308 g/mol. The molecule has 21 heavy (non-hydrogen) atoms. The van der Waals surface area contributed by atoms with Crippen LogP contribution in [-0.4, -0.2) is 23.5 Å². The third-order valence-electron chi connectivity index (χ3n) is 2.48. The van der Waals surface area contributed by atoms with Gasteiger partial charge in [-0.1, -0.05) is 23.7 Å². The first-order valence-corrected chi connectivity index (χ1v) is 6.83. The van der Waals surface area contributed by atoms with E-state index in [0.717, 1.165) is 5.56 Å². The fourth-order valence-electron chi connectivity index (χ4n) is 1.66. The molecule has 0 aliphatic carbocycles. The smallest absolute Gasteiger partial charge is 0.408 e. The number of carbonyl (C=O) groups excluding carboxylic acids is 2. The molecule has 4 nitrogen and oxygen atoms in total. The van der Waals surface area contributed by atoms with E-state index in [-0.39, 0.29) is 6.42 Å². The van der Waals surface area contributed by atoms with Gasteiger partial charge in [-0.15, -0.1) is 6.42 Å². The molecule has 5 heteroatoms. The summed E-state index contributed by atoms with van der Waals surface area (Å²) in [5.41, 5.74) is 0.149. The summed E-state index contributed by atoms with van der Waals surface area (Å²) in [7, 11) is 0. The minimum Gasteiger partial charge on any atom is -0.444 e. The lowest BCUT2D eigenvalue weighted by Crippen LogP contribution is -2.44. The molecular weight excluding hydrogens is 290 g/mol. The average Bonchev–Trinajstić information content (AvgIpc) is 2.34. The lowest BCUT2D eigenvalue weighted by Gasteiger charge is -2.22. The Hall–Kier alpha value is -1.99. The highest BCUT2D eigenvalue weighted by atomic mass is 35.5. The molecule has 1 rings (SSSR count). The number of ether oxygens (including phenoxy) is 1. The number of benzene rings is 1. The zero-order valence-corrected chi connectivity index (χ0v) is 13.0. The van der Waals surface area contributed by atoms with Gasteiger partial charge in [-0.25, -0.2) is 4.79 Å². The zero-order valence-electron chi connectivity index (χ0n) is 12.3. The summed E-state index contributed by atoms with van der Waals surface area (Å²) in [5, 5.41) is 3.05. The maximum atomic E-state index is 11.8. The Morgan fingerprint density at radius 2 is 2.10 bits per heavy atom. The predicted octanol–water partition coefficient (Wildman–Crippen LogP) is 2.98. The van der Waals surface area contributed by atoms with Crippen LogP contribution in [-0.2, 0) is 16.0 Å². The molecule has 1 aromatic rings. The van der Waals surface area contributed by atoms with Gasteiger partial charge in [-0.3, -0.25) is 4.79 Å². The van der Waals surface area contributed by atoms with Gasteiger partial charge in [0.2, 0.25) is 5.78 Å². The van der Waals surface area contributed by atoms with Crippen molar-refractivity contribution in [2.45, 2.75) is 38.8 Å². The number of terminal acetylenes is 1. The highest BCUT2D eigenvalue weighted by Gasteiger charge is 2.23. The van der Waals surface area contributed by atoms with Crippen LogP contribution < -0.4 is 5.32 Å². The monoisotopic (exact) mass is 307 g/mol. The van der Waals surface area contributed by atoms with Crippen LogP contribution in [0.1, 0.15) is 26.3 Å². The van der Waals surface area contributed by atoms with E-state index in [0.29, 0.717) is 5.02 Å². The highest BCUT2D eigenvalue weighted by molar-refractivity contribution is 6.30. The van der Waals surface area contributed by atoms with Crippen LogP contribution in [0, 0.1) is 12.3 Å². The van der Waals surface area contributed by atoms with E-state index < -0.39 is 23.5 Å². The first-order chi connectivity index (χ1) is 9.71. The summed E-state index contributed by atoms with van der Waals surface area (Å²) in [4.78, 5) is 23.5. The van der Waals surface area contributed by atoms with Crippen molar-refractivity contribution in [2.75, 3.05) is 0 Å². The van der Waals surface area contributed by atoms with E-state index in [9.17, 15) is 9.59 Å². The number of halogens is 1. The molecule has 0 heterocycles. The number of nitrogens with one attached hydrogen (secondary N) is 1. The fraction of sp³-hybridized carbons (Fsp3) is 0.375. The molecule has 0 fully saturated rings. The maximum absolute atomic E-state index is 11.8. The Morgan fingerprint density at radius 3 is 2.62 bits per heavy atom. The summed E-state index contributed by atoms with van der Waals surface area (Å²) in [6.07, 6.45) is 4.71. The molecule has 0 saturated heterocycles. The number of hydrogen-bond acceptors (Lipinski definition) is 3. The van der Waals surface area contributed by atoms with Gasteiger partial charge in [0.05, 0.1) is 0 Å². The van der Waals surface area contributed by atoms with Gasteiger partial charge in [0.1, 0.15) is 11.6 Å². The Bertz CT molecular complexity index is 570. The standard InChI is InChI=1S/C16H18ClNO3/c1-5-14(19)13(18-15(20)21-16(2,3)4)10-11-7-6-8-12(17)9-11/h1,6-9,13H,10H2,2-4H3,(H,18,20)/t13-/m0/s1. The van der Waals surface area contributed by atoms with Crippen molar-refractivity contribution in [1.29, 1.82) is 0 Å². The van der Waals surface area contributed by atoms with Gasteiger partial charge in [-0.05, 0) is 44.4 Å². The Balaban J connectivity index is 2.80. The fourth-order valence-corrected chi connectivity index (χ4v) is 1.87. The van der Waals surface area contributed by atoms with Crippen LogP contribution in [0.4, 0.5) is 4.79 Å². The number of rotatable bonds is 4. The van der Waals surface area contributed by atoms with Crippen molar-refractivity contribution < 1.29 is 14.3 Å². The van der Waals surface area contributed by atoms with Crippen LogP contribution in [0.5, 0.6) is 0 Å². The molecule has 0 aliphatic rings. The van der Waals surface area contributed by atoms with Gasteiger partial charge in [0.15, 0.2) is 0 Å². The molecule has 1 N–H and O–H groups in total. The van der Waals surface area contributed by atoms with E-state index in [1.807, 2.05) is 5.92 Å². The normalized spacial score (nSPS) is 12.1. The van der Waals surface area contributed by atoms with E-state index >= 15 is 0 Å². The Morgan fingerprint density at radius 1 is 1.43 bits per heavy atom. The minimum atomic E-state index is -0.844. The number of Topliss-reactive ketones (excluding diaryl/α,β-unsaturated/α-hetero) is 1. The number of hydrogen-bond donors (Lipinski definition) is 1. The summed E-state index contributed by atoms with van der Waals surface area (Å²) in [6, 6.07) is 6.17. The summed E-state index contributed by atoms with van der Waals surface area (Å²) >= 11 is 5.90. The number of carbonyl (C=O) groups is 2. The predicted molar refractivity (Wildman–Crippen MR) is 82.2 cm³/mol. The molecule has 1 aromatic carbocycles. The topological polar surface area (TPSA) is 55.4 Å². The number of amides is 1. The summed E-state index contributed by atoms with van der Waals surface area (Å²) in [5.74, 6) is 1.51. The van der Waals surface area contributed by atoms with Gasteiger partial charge >= 0.3 is 6.09 Å². The molecule has 0 spiro atoms. The second-order valence-electron chi connectivity index (χ2n) is 5.54. The van der Waals surface area contributed by atoms with Crippen LogP contribution in [0.2, 0.25) is 5.02 Å². The van der Waals surface area contributed by atoms with Gasteiger partial charge in [0, 0.05) is 11.4 Å².